The van der Waals surface area contributed by atoms with E-state index in [1.165, 1.54) is 38.7 Å². The Balaban J connectivity index is 1.94. The van der Waals surface area contributed by atoms with Gasteiger partial charge in [0.05, 0.1) is 27.7 Å². The van der Waals surface area contributed by atoms with E-state index in [0.29, 0.717) is 5.52 Å². The fourth-order valence-corrected chi connectivity index (χ4v) is 5.56. The topological polar surface area (TPSA) is 86.1 Å². The normalized spacial score (nSPS) is 12.5. The first-order valence-electron chi connectivity index (χ1n) is 11.0. The van der Waals surface area contributed by atoms with E-state index in [2.05, 4.69) is 4.98 Å². The van der Waals surface area contributed by atoms with Crippen molar-refractivity contribution < 1.29 is 22.7 Å². The van der Waals surface area contributed by atoms with Crippen LogP contribution in [0.3, 0.4) is 0 Å². The molecule has 4 aromatic heterocycles. The lowest BCUT2D eigenvalue weighted by atomic mass is 10.1. The largest absolute Gasteiger partial charge is 0.455 e. The molecule has 37 heavy (non-hydrogen) atoms. The fourth-order valence-electron chi connectivity index (χ4n) is 4.15. The molecular weight excluding hydrogens is 527 g/mol. The smallest absolute Gasteiger partial charge is 0.416 e. The molecule has 0 fully saturated rings. The van der Waals surface area contributed by atoms with Crippen LogP contribution < -0.4 is 11.2 Å². The molecule has 0 aliphatic carbocycles. The van der Waals surface area contributed by atoms with Gasteiger partial charge in [0.15, 0.2) is 5.69 Å². The number of fused-ring (bicyclic) bond motifs is 2. The zero-order chi connectivity index (χ0) is 26.7. The van der Waals surface area contributed by atoms with Crippen LogP contribution in [0.2, 0.25) is 0 Å². The van der Waals surface area contributed by atoms with Gasteiger partial charge >= 0.3 is 17.8 Å². The van der Waals surface area contributed by atoms with E-state index >= 15 is 0 Å². The maximum Gasteiger partial charge on any atom is 0.416 e. The molecule has 0 bridgehead atoms. The highest BCUT2D eigenvalue weighted by Crippen LogP contribution is 2.37. The fraction of sp³-hybridized carbons (Fsp3) is 0.240. The molecule has 0 saturated heterocycles. The van der Waals surface area contributed by atoms with Crippen LogP contribution in [-0.4, -0.2) is 25.7 Å². The van der Waals surface area contributed by atoms with Crippen LogP contribution in [0, 0.1) is 0 Å². The number of thiophene rings is 2. The van der Waals surface area contributed by atoms with Gasteiger partial charge in [-0.05, 0) is 61.4 Å². The van der Waals surface area contributed by atoms with Crippen molar-refractivity contribution in [3.63, 3.8) is 0 Å². The summed E-state index contributed by atoms with van der Waals surface area (Å²) < 4.78 is 49.0. The molecule has 5 aromatic rings. The number of aromatic nitrogens is 3. The van der Waals surface area contributed by atoms with Crippen molar-refractivity contribution in [2.45, 2.75) is 39.1 Å². The third kappa shape index (κ3) is 4.51. The van der Waals surface area contributed by atoms with Gasteiger partial charge in [0.1, 0.15) is 5.60 Å². The van der Waals surface area contributed by atoms with E-state index < -0.39 is 34.6 Å². The van der Waals surface area contributed by atoms with Crippen LogP contribution in [-0.2, 0) is 17.5 Å². The number of hydrogen-bond acceptors (Lipinski definition) is 6. The summed E-state index contributed by atoms with van der Waals surface area (Å²) in [7, 11) is 0. The Bertz CT molecular complexity index is 1770. The minimum atomic E-state index is -4.69. The molecule has 0 amide bonds. The molecule has 0 spiro atoms. The molecule has 192 valence electrons. The van der Waals surface area contributed by atoms with Crippen LogP contribution in [0.4, 0.5) is 13.2 Å². The van der Waals surface area contributed by atoms with Gasteiger partial charge in [-0.2, -0.15) is 24.5 Å². The van der Waals surface area contributed by atoms with E-state index in [-0.39, 0.29) is 34.2 Å². The van der Waals surface area contributed by atoms with Gasteiger partial charge in [-0.1, -0.05) is 0 Å². The lowest BCUT2D eigenvalue weighted by molar-refractivity contribution is -0.137. The zero-order valence-electron chi connectivity index (χ0n) is 19.8. The Hall–Kier alpha value is -3.64. The van der Waals surface area contributed by atoms with Crippen LogP contribution in [0.1, 0.15) is 42.4 Å². The quantitative estimate of drug-likeness (QED) is 0.289. The summed E-state index contributed by atoms with van der Waals surface area (Å²) in [4.78, 5) is 42.9. The number of nitrogens with zero attached hydrogens (tertiary/aromatic N) is 2. The number of aromatic amines is 1. The van der Waals surface area contributed by atoms with Crippen molar-refractivity contribution in [3.8, 4) is 5.69 Å². The molecule has 1 N–H and O–H groups in total. The number of ether oxygens (including phenoxy) is 1. The number of halogens is 3. The number of nitrogens with one attached hydrogen (secondary N) is 1. The molecule has 0 atom stereocenters. The van der Waals surface area contributed by atoms with E-state index in [4.69, 9.17) is 4.74 Å². The third-order valence-corrected chi connectivity index (χ3v) is 7.12. The number of esters is 1. The molecule has 4 heterocycles. The van der Waals surface area contributed by atoms with Gasteiger partial charge in [-0.25, -0.2) is 14.2 Å². The summed E-state index contributed by atoms with van der Waals surface area (Å²) in [6, 6.07) is 4.82. The number of carbonyl (C=O) groups is 1. The molecule has 12 heteroatoms. The van der Waals surface area contributed by atoms with Crippen molar-refractivity contribution in [3.05, 3.63) is 83.4 Å². The van der Waals surface area contributed by atoms with Gasteiger partial charge in [0, 0.05) is 22.7 Å². The molecular formula is C25H20F3N3O4S2. The number of benzene rings is 1. The van der Waals surface area contributed by atoms with Crippen molar-refractivity contribution in [2.24, 2.45) is 0 Å². The molecule has 1 aromatic carbocycles. The van der Waals surface area contributed by atoms with Crippen molar-refractivity contribution >= 4 is 50.4 Å². The summed E-state index contributed by atoms with van der Waals surface area (Å²) in [6.07, 6.45) is -4.69. The standard InChI is InChI=1S/C25H20F3N3O4S2/c1-24(2,3)35-22(33)20-19(31-21(32)16-11-37-12-17(16)29-23(31)34)15-8-14(25(26,27)28)4-5-18(15)30(20)9-13-6-7-36-10-13/h4-8,10-12H,9H2,1-3H3,(H,29,34). The van der Waals surface area contributed by atoms with Crippen molar-refractivity contribution in [2.75, 3.05) is 0 Å². The van der Waals surface area contributed by atoms with Crippen molar-refractivity contribution in [1.29, 1.82) is 0 Å². The lowest BCUT2D eigenvalue weighted by Gasteiger charge is -2.21. The first kappa shape index (κ1) is 25.0. The number of hydrogen-bond donors (Lipinski definition) is 1. The third-order valence-electron chi connectivity index (χ3n) is 5.64. The first-order chi connectivity index (χ1) is 17.3. The van der Waals surface area contributed by atoms with Gasteiger partial charge in [0.2, 0.25) is 0 Å². The Morgan fingerprint density at radius 1 is 1.03 bits per heavy atom. The highest BCUT2D eigenvalue weighted by atomic mass is 32.1. The van der Waals surface area contributed by atoms with Crippen LogP contribution in [0.5, 0.6) is 0 Å². The minimum absolute atomic E-state index is 0.0758. The maximum absolute atomic E-state index is 13.7. The van der Waals surface area contributed by atoms with Crippen molar-refractivity contribution in [1.82, 2.24) is 14.1 Å². The summed E-state index contributed by atoms with van der Waals surface area (Å²) in [5, 5.41) is 6.88. The van der Waals surface area contributed by atoms with Crippen LogP contribution in [0.15, 0.2) is 55.4 Å². The zero-order valence-corrected chi connectivity index (χ0v) is 21.4. The summed E-state index contributed by atoms with van der Waals surface area (Å²) >= 11 is 2.60. The SMILES string of the molecule is CC(C)(C)OC(=O)c1c(-n2c(=O)[nH]c3cscc3c2=O)c2cc(C(F)(F)F)ccc2n1Cc1ccsc1. The molecule has 7 nitrogen and oxygen atoms in total. The van der Waals surface area contributed by atoms with Gasteiger partial charge in [-0.3, -0.25) is 4.79 Å². The van der Waals surface area contributed by atoms with E-state index in [1.807, 2.05) is 16.8 Å². The molecule has 0 saturated carbocycles. The molecule has 0 aliphatic rings. The van der Waals surface area contributed by atoms with E-state index in [1.54, 1.807) is 26.2 Å². The lowest BCUT2D eigenvalue weighted by Crippen LogP contribution is -2.35. The molecule has 0 aliphatic heterocycles. The number of rotatable bonds is 4. The Kier molecular flexibility index (Phi) is 5.91. The summed E-state index contributed by atoms with van der Waals surface area (Å²) in [5.41, 5.74) is -2.70. The van der Waals surface area contributed by atoms with Crippen LogP contribution >= 0.6 is 22.7 Å². The van der Waals surface area contributed by atoms with Gasteiger partial charge in [-0.15, -0.1) is 11.3 Å². The monoisotopic (exact) mass is 547 g/mol. The second-order valence-electron chi connectivity index (χ2n) is 9.42. The minimum Gasteiger partial charge on any atom is -0.455 e. The Labute approximate surface area is 215 Å². The summed E-state index contributed by atoms with van der Waals surface area (Å²) in [6.45, 7) is 5.05. The number of H-pyrrole nitrogens is 1. The second kappa shape index (κ2) is 8.73. The Morgan fingerprint density at radius 3 is 2.43 bits per heavy atom. The summed E-state index contributed by atoms with van der Waals surface area (Å²) in [5.74, 6) is -0.876. The first-order valence-corrected chi connectivity index (χ1v) is 12.9. The van der Waals surface area contributed by atoms with Gasteiger partial charge in [0.25, 0.3) is 5.56 Å². The Morgan fingerprint density at radius 2 is 1.78 bits per heavy atom. The average molecular weight is 548 g/mol. The predicted molar refractivity (Wildman–Crippen MR) is 137 cm³/mol. The second-order valence-corrected chi connectivity index (χ2v) is 10.9. The molecule has 0 radical (unpaired) electrons. The number of carbonyl (C=O) groups excluding carboxylic acids is 1. The highest BCUT2D eigenvalue weighted by Gasteiger charge is 2.34. The molecule has 0 unspecified atom stereocenters. The average Bonchev–Trinajstić information content (AvgIpc) is 3.52. The molecule has 5 rings (SSSR count). The maximum atomic E-state index is 13.7. The van der Waals surface area contributed by atoms with Crippen LogP contribution in [0.25, 0.3) is 27.5 Å². The van der Waals surface area contributed by atoms with E-state index in [0.717, 1.165) is 22.3 Å². The predicted octanol–water partition coefficient (Wildman–Crippen LogP) is 5.78. The highest BCUT2D eigenvalue weighted by molar-refractivity contribution is 7.09. The van der Waals surface area contributed by atoms with E-state index in [9.17, 15) is 27.6 Å². The number of alkyl halides is 3. The van der Waals surface area contributed by atoms with Gasteiger partial charge < -0.3 is 14.3 Å².